The van der Waals surface area contributed by atoms with Gasteiger partial charge in [-0.3, -0.25) is 4.98 Å². The van der Waals surface area contributed by atoms with Crippen molar-refractivity contribution in [3.63, 3.8) is 0 Å². The summed E-state index contributed by atoms with van der Waals surface area (Å²) in [5, 5.41) is 7.25. The molecule has 0 atom stereocenters. The van der Waals surface area contributed by atoms with Crippen LogP contribution in [0.1, 0.15) is 11.1 Å². The normalized spacial score (nSPS) is 10.9. The van der Waals surface area contributed by atoms with Crippen molar-refractivity contribution < 1.29 is 26.1 Å². The van der Waals surface area contributed by atoms with Crippen LogP contribution in [0.25, 0.3) is 0 Å². The topological polar surface area (TPSA) is 89.7 Å². The average molecular weight is 328 g/mol. The van der Waals surface area contributed by atoms with Gasteiger partial charge in [-0.05, 0) is 23.8 Å². The van der Waals surface area contributed by atoms with E-state index in [0.717, 1.165) is 25.1 Å². The van der Waals surface area contributed by atoms with Gasteiger partial charge in [0.05, 0.1) is 11.4 Å². The Bertz CT molecular complexity index is 646. The molecule has 1 heterocycles. The maximum Gasteiger partial charge on any atom is 0.238 e. The standard InChI is InChI=1S/C14H17N3O2S.ClH/c15-20(18,19)14-5-3-12(4-6-14)7-9-17-11-13-2-1-8-16-10-13;/h1-6,8,10,17H,7,9,11H2,(H2,15,18,19);1H. The Morgan fingerprint density at radius 1 is 1.10 bits per heavy atom. The van der Waals surface area contributed by atoms with E-state index in [1.165, 1.54) is 5.56 Å². The molecule has 2 aromatic rings. The van der Waals surface area contributed by atoms with Gasteiger partial charge in [0.25, 0.3) is 0 Å². The third-order valence-electron chi connectivity index (χ3n) is 2.99. The Labute approximate surface area is 131 Å². The van der Waals surface area contributed by atoms with Crippen molar-refractivity contribution in [2.24, 2.45) is 5.14 Å². The van der Waals surface area contributed by atoms with Crippen molar-refractivity contribution in [1.82, 2.24) is 4.98 Å². The van der Waals surface area contributed by atoms with E-state index >= 15 is 0 Å². The highest BCUT2D eigenvalue weighted by Gasteiger charge is 2.06. The molecule has 0 aliphatic heterocycles. The molecule has 21 heavy (non-hydrogen) atoms. The molecule has 2 rings (SSSR count). The number of nitrogens with two attached hydrogens (primary N) is 2. The van der Waals surface area contributed by atoms with Gasteiger partial charge < -0.3 is 17.7 Å². The van der Waals surface area contributed by atoms with Crippen molar-refractivity contribution in [2.45, 2.75) is 17.9 Å². The summed E-state index contributed by atoms with van der Waals surface area (Å²) in [4.78, 5) is 4.22. The highest BCUT2D eigenvalue weighted by molar-refractivity contribution is 7.89. The fourth-order valence-corrected chi connectivity index (χ4v) is 2.42. The van der Waals surface area contributed by atoms with Crippen LogP contribution in [0.15, 0.2) is 53.7 Å². The molecule has 0 amide bonds. The lowest BCUT2D eigenvalue weighted by molar-refractivity contribution is -0.670. The van der Waals surface area contributed by atoms with E-state index in [0.29, 0.717) is 0 Å². The second-order valence-electron chi connectivity index (χ2n) is 4.58. The summed E-state index contributed by atoms with van der Waals surface area (Å²) in [5.74, 6) is 0. The lowest BCUT2D eigenvalue weighted by Gasteiger charge is -2.03. The largest absolute Gasteiger partial charge is 1.00 e. The number of benzene rings is 1. The highest BCUT2D eigenvalue weighted by Crippen LogP contribution is 2.08. The first kappa shape index (κ1) is 17.6. The van der Waals surface area contributed by atoms with Crippen LogP contribution in [-0.2, 0) is 23.0 Å². The Morgan fingerprint density at radius 3 is 2.38 bits per heavy atom. The van der Waals surface area contributed by atoms with Crippen LogP contribution in [0.3, 0.4) is 0 Å². The Balaban J connectivity index is 0.00000220. The highest BCUT2D eigenvalue weighted by atomic mass is 35.5. The molecule has 0 saturated carbocycles. The number of hydrogen-bond donors (Lipinski definition) is 2. The zero-order valence-corrected chi connectivity index (χ0v) is 13.0. The SMILES string of the molecule is NS(=O)(=O)c1ccc(CC[NH2+]Cc2cccnc2)cc1.[Cl-]. The molecular weight excluding hydrogens is 310 g/mol. The minimum atomic E-state index is -3.60. The van der Waals surface area contributed by atoms with Crippen molar-refractivity contribution >= 4 is 10.0 Å². The third kappa shape index (κ3) is 5.81. The van der Waals surface area contributed by atoms with Crippen LogP contribution in [0.4, 0.5) is 0 Å². The van der Waals surface area contributed by atoms with Crippen molar-refractivity contribution in [3.05, 3.63) is 59.9 Å². The maximum atomic E-state index is 11.1. The molecule has 0 aliphatic carbocycles. The predicted molar refractivity (Wildman–Crippen MR) is 76.3 cm³/mol. The van der Waals surface area contributed by atoms with Gasteiger partial charge in [-0.2, -0.15) is 0 Å². The van der Waals surface area contributed by atoms with Crippen LogP contribution in [0.2, 0.25) is 0 Å². The number of rotatable bonds is 6. The van der Waals surface area contributed by atoms with Crippen LogP contribution in [0, 0.1) is 0 Å². The van der Waals surface area contributed by atoms with E-state index in [4.69, 9.17) is 5.14 Å². The van der Waals surface area contributed by atoms with Crippen LogP contribution < -0.4 is 22.9 Å². The van der Waals surface area contributed by atoms with Gasteiger partial charge in [0.1, 0.15) is 6.54 Å². The van der Waals surface area contributed by atoms with E-state index in [2.05, 4.69) is 10.3 Å². The van der Waals surface area contributed by atoms with Gasteiger partial charge in [0.2, 0.25) is 10.0 Å². The minimum Gasteiger partial charge on any atom is -1.00 e. The molecule has 0 fully saturated rings. The lowest BCUT2D eigenvalue weighted by Crippen LogP contribution is -3.00. The summed E-state index contributed by atoms with van der Waals surface area (Å²) >= 11 is 0. The van der Waals surface area contributed by atoms with Crippen molar-refractivity contribution in [3.8, 4) is 0 Å². The van der Waals surface area contributed by atoms with E-state index < -0.39 is 10.0 Å². The first-order chi connectivity index (χ1) is 9.55. The van der Waals surface area contributed by atoms with E-state index in [-0.39, 0.29) is 17.3 Å². The van der Waals surface area contributed by atoms with Gasteiger partial charge >= 0.3 is 0 Å². The number of pyridine rings is 1. The summed E-state index contributed by atoms with van der Waals surface area (Å²) in [5.41, 5.74) is 2.29. The van der Waals surface area contributed by atoms with E-state index in [1.54, 1.807) is 30.5 Å². The number of quaternary nitrogens is 1. The number of nitrogens with zero attached hydrogens (tertiary/aromatic N) is 1. The Morgan fingerprint density at radius 2 is 1.81 bits per heavy atom. The Hall–Kier alpha value is -1.47. The predicted octanol–water partition coefficient (Wildman–Crippen LogP) is -2.96. The Kier molecular flexibility index (Phi) is 6.77. The van der Waals surface area contributed by atoms with Gasteiger partial charge in [0.15, 0.2) is 0 Å². The first-order valence-electron chi connectivity index (χ1n) is 6.38. The number of sulfonamides is 1. The zero-order chi connectivity index (χ0) is 14.4. The maximum absolute atomic E-state index is 11.1. The number of halogens is 1. The molecule has 1 aromatic heterocycles. The van der Waals surface area contributed by atoms with Crippen LogP contribution >= 0.6 is 0 Å². The molecule has 7 heteroatoms. The molecule has 0 saturated heterocycles. The van der Waals surface area contributed by atoms with E-state index in [1.807, 2.05) is 18.3 Å². The van der Waals surface area contributed by atoms with Gasteiger partial charge in [-0.1, -0.05) is 18.2 Å². The monoisotopic (exact) mass is 327 g/mol. The fourth-order valence-electron chi connectivity index (χ4n) is 1.90. The fraction of sp³-hybridized carbons (Fsp3) is 0.214. The smallest absolute Gasteiger partial charge is 0.238 e. The molecule has 0 bridgehead atoms. The van der Waals surface area contributed by atoms with Gasteiger partial charge in [0, 0.05) is 24.4 Å². The summed E-state index contributed by atoms with van der Waals surface area (Å²) < 4.78 is 22.3. The van der Waals surface area contributed by atoms with E-state index in [9.17, 15) is 8.42 Å². The molecule has 0 spiro atoms. The molecule has 5 nitrogen and oxygen atoms in total. The first-order valence-corrected chi connectivity index (χ1v) is 7.92. The molecule has 0 radical (unpaired) electrons. The van der Waals surface area contributed by atoms with Gasteiger partial charge in [-0.25, -0.2) is 13.6 Å². The second-order valence-corrected chi connectivity index (χ2v) is 6.14. The zero-order valence-electron chi connectivity index (χ0n) is 11.4. The quantitative estimate of drug-likeness (QED) is 0.556. The third-order valence-corrected chi connectivity index (χ3v) is 3.92. The summed E-state index contributed by atoms with van der Waals surface area (Å²) in [6, 6.07) is 10.7. The molecular formula is C14H18ClN3O2S. The number of aromatic nitrogens is 1. The molecule has 4 N–H and O–H groups in total. The average Bonchev–Trinajstić information content (AvgIpc) is 2.44. The number of hydrogen-bond acceptors (Lipinski definition) is 3. The summed E-state index contributed by atoms with van der Waals surface area (Å²) in [6.07, 6.45) is 4.50. The van der Waals surface area contributed by atoms with Crippen molar-refractivity contribution in [2.75, 3.05) is 6.54 Å². The molecule has 0 unspecified atom stereocenters. The van der Waals surface area contributed by atoms with Gasteiger partial charge in [-0.15, -0.1) is 0 Å². The molecule has 1 aromatic carbocycles. The minimum absolute atomic E-state index is 0. The second kappa shape index (κ2) is 8.09. The number of primary sulfonamides is 1. The van der Waals surface area contributed by atoms with Crippen LogP contribution in [-0.4, -0.2) is 19.9 Å². The molecule has 114 valence electrons. The summed E-state index contributed by atoms with van der Waals surface area (Å²) in [7, 11) is -3.60. The lowest BCUT2D eigenvalue weighted by atomic mass is 10.1. The van der Waals surface area contributed by atoms with Crippen LogP contribution in [0.5, 0.6) is 0 Å². The summed E-state index contributed by atoms with van der Waals surface area (Å²) in [6.45, 7) is 1.83. The molecule has 0 aliphatic rings. The van der Waals surface area contributed by atoms with Crippen molar-refractivity contribution in [1.29, 1.82) is 0 Å².